The van der Waals surface area contributed by atoms with Gasteiger partial charge in [-0.3, -0.25) is 4.79 Å². The number of nitrogens with one attached hydrogen (secondary N) is 1. The Labute approximate surface area is 114 Å². The molecule has 5 nitrogen and oxygen atoms in total. The lowest BCUT2D eigenvalue weighted by molar-refractivity contribution is 0.112. The van der Waals surface area contributed by atoms with Crippen molar-refractivity contribution in [2.75, 3.05) is 5.32 Å². The van der Waals surface area contributed by atoms with Gasteiger partial charge in [0.25, 0.3) is 0 Å². The van der Waals surface area contributed by atoms with Gasteiger partial charge in [0.1, 0.15) is 16.8 Å². The molecule has 1 heterocycles. The van der Waals surface area contributed by atoms with Crippen LogP contribution in [0.1, 0.15) is 21.7 Å². The van der Waals surface area contributed by atoms with Crippen molar-refractivity contribution in [3.63, 3.8) is 0 Å². The molecular formula is C13H9ClN4O. The molecule has 0 saturated heterocycles. The van der Waals surface area contributed by atoms with E-state index in [-0.39, 0.29) is 10.7 Å². The number of anilines is 2. The predicted molar refractivity (Wildman–Crippen MR) is 71.6 cm³/mol. The highest BCUT2D eigenvalue weighted by atomic mass is 35.5. The molecule has 6 heteroatoms. The van der Waals surface area contributed by atoms with Gasteiger partial charge < -0.3 is 5.32 Å². The summed E-state index contributed by atoms with van der Waals surface area (Å²) in [5, 5.41) is 11.9. The lowest BCUT2D eigenvalue weighted by Crippen LogP contribution is -2.03. The van der Waals surface area contributed by atoms with Gasteiger partial charge in [0.05, 0.1) is 17.2 Å². The smallest absolute Gasteiger partial charge is 0.156 e. The number of aldehydes is 1. The average Bonchev–Trinajstić information content (AvgIpc) is 2.38. The van der Waals surface area contributed by atoms with Gasteiger partial charge in [0.15, 0.2) is 6.29 Å². The molecule has 94 valence electrons. The molecule has 0 aliphatic carbocycles. The number of benzene rings is 1. The number of hydrogen-bond acceptors (Lipinski definition) is 5. The minimum Gasteiger partial charge on any atom is -0.339 e. The highest BCUT2D eigenvalue weighted by Crippen LogP contribution is 2.23. The first-order valence-electron chi connectivity index (χ1n) is 5.40. The number of aromatic nitrogens is 2. The molecule has 0 aliphatic heterocycles. The molecule has 0 radical (unpaired) electrons. The van der Waals surface area contributed by atoms with Crippen LogP contribution in [0.4, 0.5) is 11.5 Å². The minimum atomic E-state index is 0.0986. The summed E-state index contributed by atoms with van der Waals surface area (Å²) in [4.78, 5) is 19.1. The third kappa shape index (κ3) is 2.87. The fourth-order valence-corrected chi connectivity index (χ4v) is 1.81. The summed E-state index contributed by atoms with van der Waals surface area (Å²) >= 11 is 5.88. The van der Waals surface area contributed by atoms with Gasteiger partial charge >= 0.3 is 0 Å². The van der Waals surface area contributed by atoms with Gasteiger partial charge in [-0.1, -0.05) is 17.7 Å². The number of carbonyl (C=O) groups excluding carboxylic acids is 1. The molecule has 0 aliphatic rings. The average molecular weight is 273 g/mol. The molecule has 0 spiro atoms. The number of rotatable bonds is 3. The van der Waals surface area contributed by atoms with E-state index < -0.39 is 0 Å². The van der Waals surface area contributed by atoms with Crippen molar-refractivity contribution in [1.29, 1.82) is 5.26 Å². The second kappa shape index (κ2) is 5.46. The van der Waals surface area contributed by atoms with Crippen molar-refractivity contribution in [1.82, 2.24) is 9.97 Å². The van der Waals surface area contributed by atoms with E-state index in [0.29, 0.717) is 29.2 Å². The Hall–Kier alpha value is -2.45. The van der Waals surface area contributed by atoms with Crippen LogP contribution in [-0.2, 0) is 0 Å². The van der Waals surface area contributed by atoms with Crippen LogP contribution in [0.25, 0.3) is 0 Å². The fourth-order valence-electron chi connectivity index (χ4n) is 1.55. The van der Waals surface area contributed by atoms with E-state index in [0.717, 1.165) is 0 Å². The number of hydrogen-bond donors (Lipinski definition) is 1. The Balaban J connectivity index is 2.43. The van der Waals surface area contributed by atoms with Crippen LogP contribution in [0.3, 0.4) is 0 Å². The molecule has 0 atom stereocenters. The molecule has 2 rings (SSSR count). The van der Waals surface area contributed by atoms with E-state index in [4.69, 9.17) is 16.9 Å². The number of nitrogens with zero attached hydrogens (tertiary/aromatic N) is 3. The van der Waals surface area contributed by atoms with Crippen LogP contribution in [0.2, 0.25) is 5.15 Å². The van der Waals surface area contributed by atoms with E-state index >= 15 is 0 Å². The van der Waals surface area contributed by atoms with Crippen molar-refractivity contribution in [3.05, 3.63) is 46.4 Å². The van der Waals surface area contributed by atoms with E-state index in [1.165, 1.54) is 0 Å². The second-order valence-corrected chi connectivity index (χ2v) is 4.12. The van der Waals surface area contributed by atoms with Crippen LogP contribution in [0.5, 0.6) is 0 Å². The van der Waals surface area contributed by atoms with Gasteiger partial charge in [-0.05, 0) is 25.1 Å². The van der Waals surface area contributed by atoms with Gasteiger partial charge in [0.2, 0.25) is 0 Å². The summed E-state index contributed by atoms with van der Waals surface area (Å²) < 4.78 is 0. The van der Waals surface area contributed by atoms with Gasteiger partial charge in [-0.15, -0.1) is 0 Å². The maximum atomic E-state index is 11.0. The zero-order chi connectivity index (χ0) is 13.8. The zero-order valence-electron chi connectivity index (χ0n) is 10.0. The molecule has 2 aromatic rings. The van der Waals surface area contributed by atoms with E-state index in [9.17, 15) is 4.79 Å². The van der Waals surface area contributed by atoms with Crippen molar-refractivity contribution in [2.45, 2.75) is 6.92 Å². The maximum absolute atomic E-state index is 11.0. The molecule has 0 unspecified atom stereocenters. The number of carbonyl (C=O) groups is 1. The topological polar surface area (TPSA) is 78.7 Å². The van der Waals surface area contributed by atoms with Crippen molar-refractivity contribution >= 4 is 29.4 Å². The molecule has 19 heavy (non-hydrogen) atoms. The fraction of sp³-hybridized carbons (Fsp3) is 0.0769. The molecule has 1 aromatic heterocycles. The van der Waals surface area contributed by atoms with Crippen LogP contribution >= 0.6 is 11.6 Å². The minimum absolute atomic E-state index is 0.0986. The number of nitriles is 1. The van der Waals surface area contributed by atoms with Crippen LogP contribution in [0.15, 0.2) is 24.3 Å². The Morgan fingerprint density at radius 2 is 2.21 bits per heavy atom. The zero-order valence-corrected chi connectivity index (χ0v) is 10.8. The summed E-state index contributed by atoms with van der Waals surface area (Å²) in [6.45, 7) is 1.68. The molecule has 1 N–H and O–H groups in total. The lowest BCUT2D eigenvalue weighted by Gasteiger charge is -2.09. The second-order valence-electron chi connectivity index (χ2n) is 3.76. The van der Waals surface area contributed by atoms with Crippen LogP contribution < -0.4 is 5.32 Å². The van der Waals surface area contributed by atoms with Gasteiger partial charge in [0, 0.05) is 5.69 Å². The van der Waals surface area contributed by atoms with Gasteiger partial charge in [-0.25, -0.2) is 9.97 Å². The Morgan fingerprint density at radius 1 is 1.42 bits per heavy atom. The molecule has 0 bridgehead atoms. The van der Waals surface area contributed by atoms with E-state index in [2.05, 4.69) is 15.3 Å². The Kier molecular flexibility index (Phi) is 3.74. The molecule has 0 saturated carbocycles. The molecular weight excluding hydrogens is 264 g/mol. The standard InChI is InChI=1S/C13H9ClN4O/c1-8-16-12(14)11(7-19)13(17-8)18-10-4-2-3-9(5-10)6-15/h2-5,7H,1H3,(H,16,17,18). The van der Waals surface area contributed by atoms with Gasteiger partial charge in [-0.2, -0.15) is 5.26 Å². The first kappa shape index (κ1) is 13.0. The Morgan fingerprint density at radius 3 is 2.89 bits per heavy atom. The molecule has 0 amide bonds. The first-order chi connectivity index (χ1) is 9.13. The Bertz CT molecular complexity index is 679. The largest absolute Gasteiger partial charge is 0.339 e. The molecule has 1 aromatic carbocycles. The highest BCUT2D eigenvalue weighted by Gasteiger charge is 2.11. The number of aryl methyl sites for hydroxylation is 1. The summed E-state index contributed by atoms with van der Waals surface area (Å²) in [7, 11) is 0. The third-order valence-electron chi connectivity index (χ3n) is 2.38. The lowest BCUT2D eigenvalue weighted by atomic mass is 10.2. The first-order valence-corrected chi connectivity index (χ1v) is 5.78. The van der Waals surface area contributed by atoms with Crippen LogP contribution in [0, 0.1) is 18.3 Å². The molecule has 0 fully saturated rings. The van der Waals surface area contributed by atoms with Crippen molar-refractivity contribution < 1.29 is 4.79 Å². The maximum Gasteiger partial charge on any atom is 0.156 e. The summed E-state index contributed by atoms with van der Waals surface area (Å²) in [6, 6.07) is 8.87. The summed E-state index contributed by atoms with van der Waals surface area (Å²) in [5.41, 5.74) is 1.35. The third-order valence-corrected chi connectivity index (χ3v) is 2.67. The van der Waals surface area contributed by atoms with E-state index in [1.807, 2.05) is 6.07 Å². The van der Waals surface area contributed by atoms with E-state index in [1.54, 1.807) is 31.2 Å². The normalized spacial score (nSPS) is 9.74. The quantitative estimate of drug-likeness (QED) is 0.686. The highest BCUT2D eigenvalue weighted by molar-refractivity contribution is 6.32. The SMILES string of the molecule is Cc1nc(Cl)c(C=O)c(Nc2cccc(C#N)c2)n1. The van der Waals surface area contributed by atoms with Crippen molar-refractivity contribution in [2.24, 2.45) is 0 Å². The monoisotopic (exact) mass is 272 g/mol. The summed E-state index contributed by atoms with van der Waals surface area (Å²) in [5.74, 6) is 0.775. The predicted octanol–water partition coefficient (Wildman–Crippen LogP) is 2.87. The number of halogens is 1. The summed E-state index contributed by atoms with van der Waals surface area (Å²) in [6.07, 6.45) is 0.595. The van der Waals surface area contributed by atoms with Crippen molar-refractivity contribution in [3.8, 4) is 6.07 Å². The van der Waals surface area contributed by atoms with Crippen LogP contribution in [-0.4, -0.2) is 16.3 Å².